The highest BCUT2D eigenvalue weighted by Gasteiger charge is 2.49. The summed E-state index contributed by atoms with van der Waals surface area (Å²) in [5.74, 6) is 0.752. The predicted molar refractivity (Wildman–Crippen MR) is 94.2 cm³/mol. The number of benzene rings is 1. The van der Waals surface area contributed by atoms with Crippen LogP contribution in [0.2, 0.25) is 0 Å². The summed E-state index contributed by atoms with van der Waals surface area (Å²) in [7, 11) is 1.70. The molecule has 2 fully saturated rings. The second-order valence-corrected chi connectivity index (χ2v) is 6.77. The van der Waals surface area contributed by atoms with Gasteiger partial charge in [-0.1, -0.05) is 12.1 Å². The lowest BCUT2D eigenvalue weighted by atomic mass is 10.0. The molecule has 2 N–H and O–H groups in total. The fourth-order valence-corrected chi connectivity index (χ4v) is 3.51. The van der Waals surface area contributed by atoms with Crippen molar-refractivity contribution in [2.24, 2.45) is 0 Å². The van der Waals surface area contributed by atoms with E-state index in [1.165, 1.54) is 0 Å². The molecule has 1 aromatic carbocycles. The zero-order valence-corrected chi connectivity index (χ0v) is 14.4. The molecule has 1 aromatic heterocycles. The number of likely N-dealkylation sites (N-methyl/N-ethyl adjacent to an activating group) is 1. The Balaban J connectivity index is 1.54. The number of likely N-dealkylation sites (tertiary alicyclic amines) is 1. The maximum Gasteiger partial charge on any atom is 0.410 e. The number of anilines is 1. The van der Waals surface area contributed by atoms with E-state index in [-0.39, 0.29) is 12.0 Å². The fourth-order valence-electron chi connectivity index (χ4n) is 3.51. The van der Waals surface area contributed by atoms with E-state index in [9.17, 15) is 9.59 Å². The highest BCUT2D eigenvalue weighted by Crippen LogP contribution is 2.32. The molecule has 1 atom stereocenters. The van der Waals surface area contributed by atoms with Gasteiger partial charge in [0, 0.05) is 37.3 Å². The van der Waals surface area contributed by atoms with E-state index in [4.69, 9.17) is 10.5 Å². The van der Waals surface area contributed by atoms with Crippen LogP contribution in [0.25, 0.3) is 11.4 Å². The van der Waals surface area contributed by atoms with Crippen LogP contribution in [0.1, 0.15) is 16.8 Å². The minimum Gasteiger partial charge on any atom is -0.439 e. The van der Waals surface area contributed by atoms with Crippen LogP contribution in [0.5, 0.6) is 0 Å². The van der Waals surface area contributed by atoms with Crippen LogP contribution >= 0.6 is 0 Å². The molecular weight excluding hydrogens is 334 g/mol. The zero-order chi connectivity index (χ0) is 18.3. The Bertz CT molecular complexity index is 887. The summed E-state index contributed by atoms with van der Waals surface area (Å²) >= 11 is 0. The maximum atomic E-state index is 12.9. The second kappa shape index (κ2) is 5.98. The predicted octanol–water partition coefficient (Wildman–Crippen LogP) is 1.39. The van der Waals surface area contributed by atoms with E-state index < -0.39 is 5.60 Å². The SMILES string of the molecule is CN1C[C@@]2(CCN(C(=O)c3cccc(-c4nccc(N)n4)c3)C2)OC1=O. The van der Waals surface area contributed by atoms with Crippen LogP contribution < -0.4 is 5.73 Å². The summed E-state index contributed by atoms with van der Waals surface area (Å²) in [6.45, 7) is 1.46. The van der Waals surface area contributed by atoms with Gasteiger partial charge >= 0.3 is 6.09 Å². The van der Waals surface area contributed by atoms with Crippen LogP contribution in [-0.4, -0.2) is 64.1 Å². The standard InChI is InChI=1S/C18H19N5O3/c1-22-10-18(26-17(22)25)6-8-23(11-18)16(24)13-4-2-3-12(9-13)15-20-7-5-14(19)21-15/h2-5,7,9H,6,8,10-11H2,1H3,(H2,19,20,21)/t18-/m1/s1. The number of nitrogen functional groups attached to an aromatic ring is 1. The fraction of sp³-hybridized carbons (Fsp3) is 0.333. The molecular formula is C18H19N5O3. The molecule has 134 valence electrons. The van der Waals surface area contributed by atoms with E-state index in [0.717, 1.165) is 5.56 Å². The number of hydrogen-bond acceptors (Lipinski definition) is 6. The number of amides is 2. The molecule has 2 saturated heterocycles. The third kappa shape index (κ3) is 2.83. The van der Waals surface area contributed by atoms with Gasteiger partial charge < -0.3 is 20.3 Å². The Morgan fingerprint density at radius 2 is 2.15 bits per heavy atom. The molecule has 2 aliphatic rings. The first kappa shape index (κ1) is 16.3. The molecule has 3 heterocycles. The van der Waals surface area contributed by atoms with Crippen molar-refractivity contribution in [2.75, 3.05) is 32.4 Å². The molecule has 8 nitrogen and oxygen atoms in total. The number of nitrogens with two attached hydrogens (primary N) is 1. The molecule has 2 amide bonds. The number of carbonyl (C=O) groups is 2. The van der Waals surface area contributed by atoms with E-state index in [2.05, 4.69) is 9.97 Å². The summed E-state index contributed by atoms with van der Waals surface area (Å²) < 4.78 is 5.50. The molecule has 1 spiro atoms. The van der Waals surface area contributed by atoms with Crippen LogP contribution in [0.4, 0.5) is 10.6 Å². The minimum absolute atomic E-state index is 0.0989. The minimum atomic E-state index is -0.587. The van der Waals surface area contributed by atoms with Gasteiger partial charge in [0.25, 0.3) is 5.91 Å². The smallest absolute Gasteiger partial charge is 0.410 e. The van der Waals surface area contributed by atoms with E-state index in [1.54, 1.807) is 47.3 Å². The van der Waals surface area contributed by atoms with Crippen molar-refractivity contribution in [3.63, 3.8) is 0 Å². The van der Waals surface area contributed by atoms with Gasteiger partial charge in [-0.2, -0.15) is 0 Å². The van der Waals surface area contributed by atoms with Gasteiger partial charge in [0.2, 0.25) is 0 Å². The molecule has 0 aliphatic carbocycles. The Labute approximate surface area is 150 Å². The molecule has 0 bridgehead atoms. The first-order valence-electron chi connectivity index (χ1n) is 8.38. The van der Waals surface area contributed by atoms with Gasteiger partial charge in [0.15, 0.2) is 11.4 Å². The lowest BCUT2D eigenvalue weighted by Crippen LogP contribution is -2.39. The van der Waals surface area contributed by atoms with Crippen molar-refractivity contribution in [3.05, 3.63) is 42.1 Å². The van der Waals surface area contributed by atoms with Gasteiger partial charge in [-0.3, -0.25) is 4.79 Å². The second-order valence-electron chi connectivity index (χ2n) is 6.77. The monoisotopic (exact) mass is 353 g/mol. The molecule has 0 saturated carbocycles. The Hall–Kier alpha value is -3.16. The van der Waals surface area contributed by atoms with Gasteiger partial charge in [-0.25, -0.2) is 14.8 Å². The van der Waals surface area contributed by atoms with Crippen molar-refractivity contribution in [3.8, 4) is 11.4 Å². The Morgan fingerprint density at radius 1 is 1.31 bits per heavy atom. The van der Waals surface area contributed by atoms with Crippen molar-refractivity contribution in [2.45, 2.75) is 12.0 Å². The first-order chi connectivity index (χ1) is 12.5. The highest BCUT2D eigenvalue weighted by molar-refractivity contribution is 5.95. The number of hydrogen-bond donors (Lipinski definition) is 1. The number of ether oxygens (including phenoxy) is 1. The van der Waals surface area contributed by atoms with Gasteiger partial charge in [0.05, 0.1) is 13.1 Å². The third-order valence-electron chi connectivity index (χ3n) is 4.79. The highest BCUT2D eigenvalue weighted by atomic mass is 16.6. The molecule has 8 heteroatoms. The lowest BCUT2D eigenvalue weighted by Gasteiger charge is -2.22. The van der Waals surface area contributed by atoms with Crippen molar-refractivity contribution < 1.29 is 14.3 Å². The number of carbonyl (C=O) groups excluding carboxylic acids is 2. The first-order valence-corrected chi connectivity index (χ1v) is 8.38. The van der Waals surface area contributed by atoms with Crippen LogP contribution in [0.3, 0.4) is 0 Å². The summed E-state index contributed by atoms with van der Waals surface area (Å²) in [5.41, 5.74) is 6.39. The summed E-state index contributed by atoms with van der Waals surface area (Å²) in [4.78, 5) is 36.3. The zero-order valence-electron chi connectivity index (χ0n) is 14.4. The Morgan fingerprint density at radius 3 is 2.88 bits per heavy atom. The number of aromatic nitrogens is 2. The lowest BCUT2D eigenvalue weighted by molar-refractivity contribution is 0.0553. The van der Waals surface area contributed by atoms with Gasteiger partial charge in [-0.05, 0) is 18.2 Å². The molecule has 4 rings (SSSR count). The van der Waals surface area contributed by atoms with Gasteiger partial charge in [0.1, 0.15) is 5.82 Å². The summed E-state index contributed by atoms with van der Waals surface area (Å²) in [5, 5.41) is 0. The van der Waals surface area contributed by atoms with E-state index >= 15 is 0 Å². The average molecular weight is 353 g/mol. The van der Waals surface area contributed by atoms with E-state index in [0.29, 0.717) is 43.3 Å². The quantitative estimate of drug-likeness (QED) is 0.875. The summed E-state index contributed by atoms with van der Waals surface area (Å²) in [6, 6.07) is 8.77. The molecule has 2 aliphatic heterocycles. The maximum absolute atomic E-state index is 12.9. The molecule has 26 heavy (non-hydrogen) atoms. The Kier molecular flexibility index (Phi) is 3.75. The molecule has 0 unspecified atom stereocenters. The van der Waals surface area contributed by atoms with E-state index in [1.807, 2.05) is 6.07 Å². The number of rotatable bonds is 2. The van der Waals surface area contributed by atoms with Crippen molar-refractivity contribution in [1.29, 1.82) is 0 Å². The topological polar surface area (TPSA) is 102 Å². The van der Waals surface area contributed by atoms with Crippen molar-refractivity contribution in [1.82, 2.24) is 19.8 Å². The van der Waals surface area contributed by atoms with Crippen LogP contribution in [-0.2, 0) is 4.74 Å². The molecule has 2 aromatic rings. The number of nitrogens with zero attached hydrogens (tertiary/aromatic N) is 4. The van der Waals surface area contributed by atoms with Crippen molar-refractivity contribution >= 4 is 17.8 Å². The molecule has 0 radical (unpaired) electrons. The largest absolute Gasteiger partial charge is 0.439 e. The normalized spacial score (nSPS) is 22.1. The van der Waals surface area contributed by atoms with Crippen LogP contribution in [0.15, 0.2) is 36.5 Å². The van der Waals surface area contributed by atoms with Gasteiger partial charge in [-0.15, -0.1) is 0 Å². The summed E-state index contributed by atoms with van der Waals surface area (Å²) in [6.07, 6.45) is 1.90. The van der Waals surface area contributed by atoms with Crippen LogP contribution in [0, 0.1) is 0 Å². The third-order valence-corrected chi connectivity index (χ3v) is 4.79. The average Bonchev–Trinajstić information content (AvgIpc) is 3.17.